The van der Waals surface area contributed by atoms with Crippen molar-refractivity contribution in [1.29, 1.82) is 0 Å². The predicted octanol–water partition coefficient (Wildman–Crippen LogP) is 3.68. The molecule has 98 valence electrons. The first-order chi connectivity index (χ1) is 8.60. The van der Waals surface area contributed by atoms with E-state index in [1.807, 2.05) is 0 Å². The summed E-state index contributed by atoms with van der Waals surface area (Å²) in [6, 6.07) is 4.28. The highest BCUT2D eigenvalue weighted by Crippen LogP contribution is 2.23. The van der Waals surface area contributed by atoms with Crippen LogP contribution in [0.2, 0.25) is 0 Å². The zero-order valence-electron chi connectivity index (χ0n) is 9.83. The molecule has 0 aromatic heterocycles. The topological polar surface area (TPSA) is 20.3 Å². The Balaban J connectivity index is 2.08. The number of carbonyl (C=O) groups is 1. The molecule has 0 radical (unpaired) electrons. The van der Waals surface area contributed by atoms with Crippen LogP contribution < -0.4 is 0 Å². The molecule has 1 saturated heterocycles. The van der Waals surface area contributed by atoms with Crippen LogP contribution in [0.4, 0.5) is 4.39 Å². The number of carbonyl (C=O) groups excluding carboxylic acids is 1. The molecule has 1 heterocycles. The number of hydrogen-bond acceptors (Lipinski definition) is 1. The first kappa shape index (κ1) is 13.8. The van der Waals surface area contributed by atoms with E-state index in [0.29, 0.717) is 21.8 Å². The summed E-state index contributed by atoms with van der Waals surface area (Å²) in [5, 5.41) is 0. The summed E-state index contributed by atoms with van der Waals surface area (Å²) in [5.41, 5.74) is 0.397. The van der Waals surface area contributed by atoms with Crippen molar-refractivity contribution in [3.05, 3.63) is 34.1 Å². The van der Waals surface area contributed by atoms with E-state index in [9.17, 15) is 9.18 Å². The molecule has 1 unspecified atom stereocenters. The van der Waals surface area contributed by atoms with Crippen LogP contribution in [-0.2, 0) is 0 Å². The van der Waals surface area contributed by atoms with Gasteiger partial charge in [-0.1, -0.05) is 15.9 Å². The minimum absolute atomic E-state index is 0.104. The van der Waals surface area contributed by atoms with Gasteiger partial charge in [-0.15, -0.1) is 11.6 Å². The zero-order chi connectivity index (χ0) is 13.1. The summed E-state index contributed by atoms with van der Waals surface area (Å²) in [6.07, 6.45) is 1.91. The molecule has 1 aliphatic rings. The number of alkyl halides is 1. The zero-order valence-corrected chi connectivity index (χ0v) is 12.2. The minimum atomic E-state index is -0.399. The van der Waals surface area contributed by atoms with E-state index in [0.717, 1.165) is 25.9 Å². The lowest BCUT2D eigenvalue weighted by Crippen LogP contribution is -2.28. The van der Waals surface area contributed by atoms with Gasteiger partial charge in [0.05, 0.1) is 0 Å². The minimum Gasteiger partial charge on any atom is -0.338 e. The number of hydrogen-bond donors (Lipinski definition) is 0. The molecular formula is C13H14BrClFNO. The predicted molar refractivity (Wildman–Crippen MR) is 73.4 cm³/mol. The summed E-state index contributed by atoms with van der Waals surface area (Å²) in [4.78, 5) is 14.0. The van der Waals surface area contributed by atoms with Crippen LogP contribution in [0.15, 0.2) is 22.7 Å². The van der Waals surface area contributed by atoms with Crippen molar-refractivity contribution in [2.75, 3.05) is 19.0 Å². The van der Waals surface area contributed by atoms with Gasteiger partial charge in [0.2, 0.25) is 0 Å². The Kier molecular flexibility index (Phi) is 4.62. The lowest BCUT2D eigenvalue weighted by Gasteiger charge is -2.16. The number of rotatable bonds is 3. The van der Waals surface area contributed by atoms with Gasteiger partial charge in [0, 0.05) is 29.0 Å². The van der Waals surface area contributed by atoms with E-state index in [4.69, 9.17) is 11.6 Å². The van der Waals surface area contributed by atoms with Crippen LogP contribution in [0.3, 0.4) is 0 Å². The van der Waals surface area contributed by atoms with Gasteiger partial charge >= 0.3 is 0 Å². The summed E-state index contributed by atoms with van der Waals surface area (Å²) in [5.74, 6) is 0.595. The van der Waals surface area contributed by atoms with Gasteiger partial charge in [-0.05, 0) is 37.0 Å². The van der Waals surface area contributed by atoms with E-state index in [-0.39, 0.29) is 5.91 Å². The highest BCUT2D eigenvalue weighted by Gasteiger charge is 2.26. The molecule has 5 heteroatoms. The molecule has 1 aliphatic heterocycles. The van der Waals surface area contributed by atoms with Crippen molar-refractivity contribution in [2.45, 2.75) is 12.8 Å². The van der Waals surface area contributed by atoms with Gasteiger partial charge in [-0.25, -0.2) is 4.39 Å². The Morgan fingerprint density at radius 1 is 1.50 bits per heavy atom. The third kappa shape index (κ3) is 3.23. The van der Waals surface area contributed by atoms with Gasteiger partial charge in [0.1, 0.15) is 5.82 Å². The van der Waals surface area contributed by atoms with Gasteiger partial charge in [-0.3, -0.25) is 4.79 Å². The van der Waals surface area contributed by atoms with E-state index in [1.54, 1.807) is 11.0 Å². The van der Waals surface area contributed by atoms with Gasteiger partial charge in [0.25, 0.3) is 5.91 Å². The van der Waals surface area contributed by atoms with Crippen LogP contribution in [0.25, 0.3) is 0 Å². The molecule has 2 rings (SSSR count). The van der Waals surface area contributed by atoms with E-state index in [2.05, 4.69) is 15.9 Å². The average Bonchev–Trinajstić information content (AvgIpc) is 2.76. The molecule has 1 aromatic rings. The van der Waals surface area contributed by atoms with Gasteiger partial charge < -0.3 is 4.90 Å². The van der Waals surface area contributed by atoms with Crippen molar-refractivity contribution in [3.63, 3.8) is 0 Å². The summed E-state index contributed by atoms with van der Waals surface area (Å²) < 4.78 is 13.8. The summed E-state index contributed by atoms with van der Waals surface area (Å²) >= 11 is 8.91. The van der Waals surface area contributed by atoms with Crippen molar-refractivity contribution >= 4 is 33.4 Å². The van der Waals surface area contributed by atoms with E-state index >= 15 is 0 Å². The molecular weight excluding hydrogens is 321 g/mol. The first-order valence-corrected chi connectivity index (χ1v) is 7.24. The maximum Gasteiger partial charge on any atom is 0.254 e. The van der Waals surface area contributed by atoms with Crippen LogP contribution in [0, 0.1) is 11.7 Å². The third-order valence-corrected chi connectivity index (χ3v) is 3.88. The average molecular weight is 335 g/mol. The highest BCUT2D eigenvalue weighted by atomic mass is 79.9. The molecule has 2 nitrogen and oxygen atoms in total. The largest absolute Gasteiger partial charge is 0.338 e. The van der Waals surface area contributed by atoms with E-state index < -0.39 is 5.82 Å². The molecule has 0 saturated carbocycles. The molecule has 18 heavy (non-hydrogen) atoms. The quantitative estimate of drug-likeness (QED) is 0.772. The normalized spacial score (nSPS) is 19.3. The fourth-order valence-electron chi connectivity index (χ4n) is 2.27. The maximum absolute atomic E-state index is 13.3. The number of nitrogens with zero attached hydrogens (tertiary/aromatic N) is 1. The Bertz CT molecular complexity index is 434. The van der Waals surface area contributed by atoms with Crippen molar-refractivity contribution in [3.8, 4) is 0 Å². The van der Waals surface area contributed by atoms with Crippen molar-refractivity contribution in [2.24, 2.45) is 5.92 Å². The van der Waals surface area contributed by atoms with Gasteiger partial charge in [0.15, 0.2) is 0 Å². The van der Waals surface area contributed by atoms with Gasteiger partial charge in [-0.2, -0.15) is 0 Å². The summed E-state index contributed by atoms with van der Waals surface area (Å²) in [6.45, 7) is 1.45. The Hall–Kier alpha value is -0.610. The fourth-order valence-corrected chi connectivity index (χ4v) is 3.04. The standard InChI is InChI=1S/C13H14BrClFNO/c14-11-5-10(6-12(16)7-11)13(18)17-4-2-9(8-17)1-3-15/h5-7,9H,1-4,8H2. The Labute approximate surface area is 119 Å². The third-order valence-electron chi connectivity index (χ3n) is 3.20. The first-order valence-electron chi connectivity index (χ1n) is 5.91. The molecule has 1 fully saturated rings. The molecule has 0 bridgehead atoms. The highest BCUT2D eigenvalue weighted by molar-refractivity contribution is 9.10. The Morgan fingerprint density at radius 3 is 2.94 bits per heavy atom. The molecule has 0 aliphatic carbocycles. The van der Waals surface area contributed by atoms with Crippen LogP contribution in [0.1, 0.15) is 23.2 Å². The summed E-state index contributed by atoms with van der Waals surface area (Å²) in [7, 11) is 0. The Morgan fingerprint density at radius 2 is 2.28 bits per heavy atom. The van der Waals surface area contributed by atoms with Crippen molar-refractivity contribution < 1.29 is 9.18 Å². The number of benzene rings is 1. The lowest BCUT2D eigenvalue weighted by atomic mass is 10.1. The monoisotopic (exact) mass is 333 g/mol. The number of amides is 1. The molecule has 1 aromatic carbocycles. The number of likely N-dealkylation sites (tertiary alicyclic amines) is 1. The van der Waals surface area contributed by atoms with Crippen LogP contribution >= 0.6 is 27.5 Å². The number of halogens is 3. The second-order valence-corrected chi connectivity index (χ2v) is 5.84. The maximum atomic E-state index is 13.3. The fraction of sp³-hybridized carbons (Fsp3) is 0.462. The van der Waals surface area contributed by atoms with Crippen molar-refractivity contribution in [1.82, 2.24) is 4.90 Å². The smallest absolute Gasteiger partial charge is 0.254 e. The second kappa shape index (κ2) is 6.02. The molecule has 0 spiro atoms. The lowest BCUT2D eigenvalue weighted by molar-refractivity contribution is 0.0786. The van der Waals surface area contributed by atoms with E-state index in [1.165, 1.54) is 12.1 Å². The SMILES string of the molecule is O=C(c1cc(F)cc(Br)c1)N1CCC(CCCl)C1. The van der Waals surface area contributed by atoms with Crippen LogP contribution in [0.5, 0.6) is 0 Å². The molecule has 1 atom stereocenters. The van der Waals surface area contributed by atoms with Crippen LogP contribution in [-0.4, -0.2) is 29.8 Å². The molecule has 1 amide bonds. The molecule has 0 N–H and O–H groups in total. The second-order valence-electron chi connectivity index (χ2n) is 4.54.